The molecule has 0 aliphatic rings. The summed E-state index contributed by atoms with van der Waals surface area (Å²) in [6.07, 6.45) is 0. The molecule has 0 amide bonds. The highest BCUT2D eigenvalue weighted by atomic mass is 32.2. The third-order valence-electron chi connectivity index (χ3n) is 4.40. The van der Waals surface area contributed by atoms with Crippen LogP contribution in [0.25, 0.3) is 27.7 Å². The minimum Gasteiger partial charge on any atom is -0.390 e. The maximum absolute atomic E-state index is 11.4. The van der Waals surface area contributed by atoms with Crippen molar-refractivity contribution >= 4 is 20.8 Å². The van der Waals surface area contributed by atoms with E-state index in [4.69, 9.17) is 5.14 Å². The van der Waals surface area contributed by atoms with Crippen LogP contribution in [0.5, 0.6) is 0 Å². The van der Waals surface area contributed by atoms with Gasteiger partial charge in [-0.3, -0.25) is 0 Å². The topological polar surface area (TPSA) is 98.2 Å². The summed E-state index contributed by atoms with van der Waals surface area (Å²) in [6.45, 7) is -0.197. The van der Waals surface area contributed by atoms with Gasteiger partial charge in [-0.2, -0.15) is 5.10 Å². The molecular weight excluding hydrogens is 362 g/mol. The number of aliphatic hydroxyl groups excluding tert-OH is 1. The quantitative estimate of drug-likeness (QED) is 0.570. The summed E-state index contributed by atoms with van der Waals surface area (Å²) >= 11 is 0. The van der Waals surface area contributed by atoms with Crippen LogP contribution < -0.4 is 5.14 Å². The maximum Gasteiger partial charge on any atom is 0.238 e. The van der Waals surface area contributed by atoms with E-state index >= 15 is 0 Å². The Morgan fingerprint density at radius 3 is 2.30 bits per heavy atom. The van der Waals surface area contributed by atoms with Gasteiger partial charge in [0.25, 0.3) is 0 Å². The molecule has 0 saturated heterocycles. The van der Waals surface area contributed by atoms with E-state index in [2.05, 4.69) is 5.10 Å². The van der Waals surface area contributed by atoms with Gasteiger partial charge in [0, 0.05) is 5.56 Å². The van der Waals surface area contributed by atoms with E-state index in [1.165, 1.54) is 12.1 Å². The summed E-state index contributed by atoms with van der Waals surface area (Å²) in [5.74, 6) is 0. The summed E-state index contributed by atoms with van der Waals surface area (Å²) in [7, 11) is -3.76. The van der Waals surface area contributed by atoms with Crippen LogP contribution in [0.2, 0.25) is 0 Å². The van der Waals surface area contributed by atoms with Crippen LogP contribution in [0.3, 0.4) is 0 Å². The molecule has 0 aliphatic carbocycles. The third-order valence-corrected chi connectivity index (χ3v) is 5.33. The van der Waals surface area contributed by atoms with Crippen LogP contribution in [-0.2, 0) is 16.6 Å². The van der Waals surface area contributed by atoms with Gasteiger partial charge in [-0.15, -0.1) is 0 Å². The first-order valence-electron chi connectivity index (χ1n) is 8.28. The second-order valence-corrected chi connectivity index (χ2v) is 7.75. The number of hydrogen-bond donors (Lipinski definition) is 2. The van der Waals surface area contributed by atoms with Crippen LogP contribution in [0.1, 0.15) is 5.69 Å². The highest BCUT2D eigenvalue weighted by Gasteiger charge is 2.13. The van der Waals surface area contributed by atoms with Crippen molar-refractivity contribution < 1.29 is 13.5 Å². The van der Waals surface area contributed by atoms with E-state index in [-0.39, 0.29) is 11.5 Å². The van der Waals surface area contributed by atoms with E-state index in [0.29, 0.717) is 11.4 Å². The number of nitrogens with two attached hydrogens (primary N) is 1. The normalized spacial score (nSPS) is 11.8. The third kappa shape index (κ3) is 3.35. The van der Waals surface area contributed by atoms with E-state index in [1.54, 1.807) is 16.8 Å². The second kappa shape index (κ2) is 6.62. The molecule has 0 aliphatic heterocycles. The van der Waals surface area contributed by atoms with Crippen molar-refractivity contribution in [3.63, 3.8) is 0 Å². The number of aromatic nitrogens is 2. The lowest BCUT2D eigenvalue weighted by atomic mass is 10.1. The summed E-state index contributed by atoms with van der Waals surface area (Å²) in [6, 6.07) is 22.0. The van der Waals surface area contributed by atoms with Crippen molar-refractivity contribution in [2.45, 2.75) is 11.5 Å². The average Bonchev–Trinajstić information content (AvgIpc) is 3.11. The number of rotatable bonds is 4. The Hall–Kier alpha value is -3.00. The highest BCUT2D eigenvalue weighted by Crippen LogP contribution is 2.26. The van der Waals surface area contributed by atoms with Crippen LogP contribution in [-0.4, -0.2) is 23.3 Å². The fourth-order valence-electron chi connectivity index (χ4n) is 3.02. The minimum absolute atomic E-state index is 0.0266. The zero-order valence-electron chi connectivity index (χ0n) is 14.3. The molecule has 0 unspecified atom stereocenters. The zero-order valence-corrected chi connectivity index (χ0v) is 15.1. The van der Waals surface area contributed by atoms with Gasteiger partial charge < -0.3 is 5.11 Å². The molecule has 0 spiro atoms. The Bertz CT molecular complexity index is 1230. The molecule has 0 fully saturated rings. The summed E-state index contributed by atoms with van der Waals surface area (Å²) < 4.78 is 24.4. The van der Waals surface area contributed by atoms with E-state index in [1.807, 2.05) is 48.5 Å². The molecule has 3 aromatic carbocycles. The fourth-order valence-corrected chi connectivity index (χ4v) is 3.54. The first kappa shape index (κ1) is 17.4. The number of fused-ring (bicyclic) bond motifs is 1. The monoisotopic (exact) mass is 379 g/mol. The molecule has 6 nitrogen and oxygen atoms in total. The van der Waals surface area contributed by atoms with E-state index < -0.39 is 10.0 Å². The smallest absolute Gasteiger partial charge is 0.238 e. The zero-order chi connectivity index (χ0) is 19.0. The van der Waals surface area contributed by atoms with Crippen molar-refractivity contribution in [2.24, 2.45) is 5.14 Å². The molecule has 4 rings (SSSR count). The number of sulfonamides is 1. The Morgan fingerprint density at radius 2 is 1.63 bits per heavy atom. The standard InChI is InChI=1S/C20H17N3O3S/c21-27(25,26)19-9-7-17(8-10-19)23-18(13-24)12-20(22-23)16-6-5-14-3-1-2-4-15(14)11-16/h1-12,24H,13H2,(H2,21,25,26). The maximum atomic E-state index is 11.4. The SMILES string of the molecule is NS(=O)(=O)c1ccc(-n2nc(-c3ccc4ccccc4c3)cc2CO)cc1. The molecule has 0 atom stereocenters. The van der Waals surface area contributed by atoms with Gasteiger partial charge >= 0.3 is 0 Å². The number of hydrogen-bond acceptors (Lipinski definition) is 4. The number of aliphatic hydroxyl groups is 1. The van der Waals surface area contributed by atoms with Gasteiger partial charge in [-0.1, -0.05) is 36.4 Å². The molecule has 0 saturated carbocycles. The average molecular weight is 379 g/mol. The molecule has 0 bridgehead atoms. The van der Waals surface area contributed by atoms with Crippen molar-refractivity contribution in [2.75, 3.05) is 0 Å². The number of benzene rings is 3. The van der Waals surface area contributed by atoms with Gasteiger partial charge in [0.2, 0.25) is 10.0 Å². The predicted molar refractivity (Wildman–Crippen MR) is 104 cm³/mol. The summed E-state index contributed by atoms with van der Waals surface area (Å²) in [4.78, 5) is 0.0266. The molecule has 0 radical (unpaired) electrons. The fraction of sp³-hybridized carbons (Fsp3) is 0.0500. The number of nitrogens with zero attached hydrogens (tertiary/aromatic N) is 2. The molecular formula is C20H17N3O3S. The van der Waals surface area contributed by atoms with Crippen molar-refractivity contribution in [3.8, 4) is 16.9 Å². The van der Waals surface area contributed by atoms with Gasteiger partial charge in [0.15, 0.2) is 0 Å². The minimum atomic E-state index is -3.76. The van der Waals surface area contributed by atoms with Gasteiger partial charge in [0.1, 0.15) is 0 Å². The lowest BCUT2D eigenvalue weighted by Gasteiger charge is -2.06. The van der Waals surface area contributed by atoms with Crippen molar-refractivity contribution in [3.05, 3.63) is 78.5 Å². The molecule has 136 valence electrons. The second-order valence-electron chi connectivity index (χ2n) is 6.19. The molecule has 7 heteroatoms. The largest absolute Gasteiger partial charge is 0.390 e. The van der Waals surface area contributed by atoms with Gasteiger partial charge in [-0.05, 0) is 47.2 Å². The Labute approximate surface area is 156 Å². The summed E-state index contributed by atoms with van der Waals surface area (Å²) in [5.41, 5.74) is 2.89. The van der Waals surface area contributed by atoms with Crippen LogP contribution in [0.15, 0.2) is 77.7 Å². The lowest BCUT2D eigenvalue weighted by molar-refractivity contribution is 0.273. The molecule has 1 aromatic heterocycles. The first-order valence-corrected chi connectivity index (χ1v) is 9.82. The van der Waals surface area contributed by atoms with Crippen molar-refractivity contribution in [1.29, 1.82) is 0 Å². The van der Waals surface area contributed by atoms with E-state index in [9.17, 15) is 13.5 Å². The highest BCUT2D eigenvalue weighted by molar-refractivity contribution is 7.89. The molecule has 4 aromatic rings. The van der Waals surface area contributed by atoms with Gasteiger partial charge in [0.05, 0.1) is 28.6 Å². The van der Waals surface area contributed by atoms with Crippen molar-refractivity contribution in [1.82, 2.24) is 9.78 Å². The van der Waals surface area contributed by atoms with Crippen LogP contribution in [0, 0.1) is 0 Å². The number of primary sulfonamides is 1. The predicted octanol–water partition coefficient (Wildman–Crippen LogP) is 2.83. The Morgan fingerprint density at radius 1 is 0.926 bits per heavy atom. The van der Waals surface area contributed by atoms with Crippen LogP contribution in [0.4, 0.5) is 0 Å². The first-order chi connectivity index (χ1) is 13.0. The van der Waals surface area contributed by atoms with E-state index in [0.717, 1.165) is 22.0 Å². The Kier molecular flexibility index (Phi) is 4.27. The molecule has 3 N–H and O–H groups in total. The molecule has 1 heterocycles. The lowest BCUT2D eigenvalue weighted by Crippen LogP contribution is -2.12. The van der Waals surface area contributed by atoms with Crippen LogP contribution >= 0.6 is 0 Å². The van der Waals surface area contributed by atoms with Gasteiger partial charge in [-0.25, -0.2) is 18.2 Å². The summed E-state index contributed by atoms with van der Waals surface area (Å²) in [5, 5.41) is 21.7. The Balaban J connectivity index is 1.78. The molecule has 27 heavy (non-hydrogen) atoms.